The van der Waals surface area contributed by atoms with Crippen molar-refractivity contribution in [2.45, 2.75) is 11.5 Å². The Kier molecular flexibility index (Phi) is 4.52. The highest BCUT2D eigenvalue weighted by Crippen LogP contribution is 2.22. The molecule has 0 radical (unpaired) electrons. The molecule has 7 nitrogen and oxygen atoms in total. The number of fused-ring (bicyclic) bond motifs is 1. The average Bonchev–Trinajstić information content (AvgIpc) is 2.86. The Bertz CT molecular complexity index is 682. The summed E-state index contributed by atoms with van der Waals surface area (Å²) in [5.41, 5.74) is 5.58. The molecule has 11 heteroatoms. The van der Waals surface area contributed by atoms with E-state index >= 15 is 0 Å². The Morgan fingerprint density at radius 2 is 2.30 bits per heavy atom. The number of hydrogen-bond donors (Lipinski definition) is 2. The fraction of sp³-hybridized carbons (Fsp3) is 0.444. The lowest BCUT2D eigenvalue weighted by Gasteiger charge is -2.07. The summed E-state index contributed by atoms with van der Waals surface area (Å²) < 4.78 is 55.9. The molecule has 0 bridgehead atoms. The van der Waals surface area contributed by atoms with Crippen molar-refractivity contribution in [2.24, 2.45) is 0 Å². The van der Waals surface area contributed by atoms with E-state index in [0.29, 0.717) is 4.96 Å². The van der Waals surface area contributed by atoms with Crippen LogP contribution in [0.5, 0.6) is 0 Å². The van der Waals surface area contributed by atoms with E-state index in [2.05, 4.69) is 14.4 Å². The standard InChI is InChI=1S/C9H12F2N4O3S2/c10-6(11)5-18-3-1-13-20(16,17)8-7(12)14-9-15(8)2-4-19-9/h2,4,6,13H,1,3,5,12H2. The van der Waals surface area contributed by atoms with Crippen LogP contribution in [0.2, 0.25) is 0 Å². The molecule has 2 rings (SSSR count). The number of nitrogens with one attached hydrogen (secondary N) is 1. The summed E-state index contributed by atoms with van der Waals surface area (Å²) in [6, 6.07) is 0. The highest BCUT2D eigenvalue weighted by Gasteiger charge is 2.24. The van der Waals surface area contributed by atoms with Crippen LogP contribution in [0.1, 0.15) is 0 Å². The van der Waals surface area contributed by atoms with Crippen LogP contribution in [0.4, 0.5) is 14.6 Å². The average molecular weight is 326 g/mol. The molecule has 0 amide bonds. The topological polar surface area (TPSA) is 98.7 Å². The first-order valence-electron chi connectivity index (χ1n) is 5.48. The SMILES string of the molecule is Nc1nc2sccn2c1S(=O)(=O)NCCOCC(F)F. The number of sulfonamides is 1. The van der Waals surface area contributed by atoms with E-state index in [-0.39, 0.29) is 24.0 Å². The van der Waals surface area contributed by atoms with E-state index in [0.717, 1.165) is 0 Å². The lowest BCUT2D eigenvalue weighted by Crippen LogP contribution is -2.29. The van der Waals surface area contributed by atoms with Crippen LogP contribution in [-0.4, -0.2) is 44.0 Å². The Balaban J connectivity index is 2.03. The third-order valence-corrected chi connectivity index (χ3v) is 4.54. The highest BCUT2D eigenvalue weighted by atomic mass is 32.2. The molecule has 3 N–H and O–H groups in total. The Morgan fingerprint density at radius 1 is 1.55 bits per heavy atom. The van der Waals surface area contributed by atoms with Gasteiger partial charge in [-0.25, -0.2) is 26.9 Å². The van der Waals surface area contributed by atoms with Gasteiger partial charge < -0.3 is 10.5 Å². The van der Waals surface area contributed by atoms with Gasteiger partial charge in [0.05, 0.1) is 6.61 Å². The molecule has 0 fully saturated rings. The number of nitrogen functional groups attached to an aromatic ring is 1. The Hall–Kier alpha value is -1.30. The van der Waals surface area contributed by atoms with E-state index in [9.17, 15) is 17.2 Å². The minimum Gasteiger partial charge on any atom is -0.381 e. The maximum atomic E-state index is 12.1. The van der Waals surface area contributed by atoms with Crippen LogP contribution in [0.25, 0.3) is 4.96 Å². The Morgan fingerprint density at radius 3 is 3.00 bits per heavy atom. The zero-order valence-corrected chi connectivity index (χ0v) is 11.8. The molecule has 0 aromatic carbocycles. The number of ether oxygens (including phenoxy) is 1. The molecular weight excluding hydrogens is 314 g/mol. The van der Waals surface area contributed by atoms with E-state index in [1.807, 2.05) is 0 Å². The summed E-state index contributed by atoms with van der Waals surface area (Å²) in [4.78, 5) is 4.37. The van der Waals surface area contributed by atoms with Gasteiger partial charge in [-0.2, -0.15) is 0 Å². The van der Waals surface area contributed by atoms with E-state index < -0.39 is 23.1 Å². The predicted molar refractivity (Wildman–Crippen MR) is 69.5 cm³/mol. The summed E-state index contributed by atoms with van der Waals surface area (Å²) in [5, 5.41) is 1.51. The summed E-state index contributed by atoms with van der Waals surface area (Å²) in [6.07, 6.45) is -1.05. The molecule has 112 valence electrons. The van der Waals surface area contributed by atoms with Crippen molar-refractivity contribution in [2.75, 3.05) is 25.5 Å². The summed E-state index contributed by atoms with van der Waals surface area (Å²) in [6.45, 7) is -1.02. The number of thiazole rings is 1. The minimum absolute atomic E-state index is 0.113. The molecule has 2 heterocycles. The van der Waals surface area contributed by atoms with Crippen LogP contribution in [0, 0.1) is 0 Å². The van der Waals surface area contributed by atoms with Gasteiger partial charge in [-0.1, -0.05) is 0 Å². The van der Waals surface area contributed by atoms with Crippen LogP contribution < -0.4 is 10.5 Å². The highest BCUT2D eigenvalue weighted by molar-refractivity contribution is 7.89. The van der Waals surface area contributed by atoms with Gasteiger partial charge in [-0.15, -0.1) is 11.3 Å². The van der Waals surface area contributed by atoms with Crippen molar-refractivity contribution in [1.29, 1.82) is 0 Å². The van der Waals surface area contributed by atoms with Gasteiger partial charge in [0.1, 0.15) is 6.61 Å². The maximum Gasteiger partial charge on any atom is 0.261 e. The smallest absolute Gasteiger partial charge is 0.261 e. The van der Waals surface area contributed by atoms with E-state index in [1.165, 1.54) is 21.9 Å². The zero-order valence-electron chi connectivity index (χ0n) is 10.1. The van der Waals surface area contributed by atoms with Crippen LogP contribution in [0.3, 0.4) is 0 Å². The second-order valence-corrected chi connectivity index (χ2v) is 6.28. The largest absolute Gasteiger partial charge is 0.381 e. The maximum absolute atomic E-state index is 12.1. The number of nitrogens with zero attached hydrogens (tertiary/aromatic N) is 2. The van der Waals surface area contributed by atoms with Crippen molar-refractivity contribution in [3.05, 3.63) is 11.6 Å². The molecule has 20 heavy (non-hydrogen) atoms. The molecule has 0 saturated carbocycles. The quantitative estimate of drug-likeness (QED) is 0.724. The molecule has 0 aliphatic carbocycles. The number of anilines is 1. The number of aromatic nitrogens is 2. The second-order valence-electron chi connectivity index (χ2n) is 3.72. The van der Waals surface area contributed by atoms with Crippen molar-refractivity contribution >= 4 is 32.1 Å². The molecular formula is C9H12F2N4O3S2. The number of hydrogen-bond acceptors (Lipinski definition) is 6. The molecule has 0 spiro atoms. The third kappa shape index (κ3) is 3.23. The lowest BCUT2D eigenvalue weighted by atomic mass is 10.7. The molecule has 0 atom stereocenters. The van der Waals surface area contributed by atoms with Crippen molar-refractivity contribution in [1.82, 2.24) is 14.1 Å². The van der Waals surface area contributed by atoms with Gasteiger partial charge in [0.25, 0.3) is 16.4 Å². The normalized spacial score (nSPS) is 12.6. The minimum atomic E-state index is -3.88. The lowest BCUT2D eigenvalue weighted by molar-refractivity contribution is 0.0199. The van der Waals surface area contributed by atoms with Crippen LogP contribution >= 0.6 is 11.3 Å². The first-order chi connectivity index (χ1) is 9.42. The van der Waals surface area contributed by atoms with Gasteiger partial charge in [0, 0.05) is 18.1 Å². The van der Waals surface area contributed by atoms with Gasteiger partial charge in [0.2, 0.25) is 0 Å². The van der Waals surface area contributed by atoms with E-state index in [1.54, 1.807) is 5.38 Å². The molecule has 2 aromatic rings. The summed E-state index contributed by atoms with van der Waals surface area (Å²) in [5.74, 6) is -0.113. The molecule has 0 aliphatic heterocycles. The van der Waals surface area contributed by atoms with Crippen molar-refractivity contribution in [3.63, 3.8) is 0 Å². The molecule has 0 unspecified atom stereocenters. The summed E-state index contributed by atoms with van der Waals surface area (Å²) >= 11 is 1.25. The van der Waals surface area contributed by atoms with Gasteiger partial charge in [-0.3, -0.25) is 4.40 Å². The predicted octanol–water partition coefficient (Wildman–Crippen LogP) is 0.538. The number of rotatable bonds is 7. The monoisotopic (exact) mass is 326 g/mol. The fourth-order valence-electron chi connectivity index (χ4n) is 1.54. The first-order valence-corrected chi connectivity index (χ1v) is 7.84. The number of halogens is 2. The summed E-state index contributed by atoms with van der Waals surface area (Å²) in [7, 11) is -3.88. The van der Waals surface area contributed by atoms with E-state index in [4.69, 9.17) is 5.73 Å². The number of alkyl halides is 2. The molecule has 0 aliphatic rings. The van der Waals surface area contributed by atoms with Gasteiger partial charge in [0.15, 0.2) is 15.8 Å². The van der Waals surface area contributed by atoms with Crippen molar-refractivity contribution < 1.29 is 21.9 Å². The van der Waals surface area contributed by atoms with Gasteiger partial charge >= 0.3 is 0 Å². The molecule has 0 saturated heterocycles. The number of nitrogens with two attached hydrogens (primary N) is 1. The molecule has 2 aromatic heterocycles. The third-order valence-electron chi connectivity index (χ3n) is 2.28. The number of imidazole rings is 1. The second kappa shape index (κ2) is 5.99. The zero-order chi connectivity index (χ0) is 14.8. The Labute approximate surface area is 117 Å². The fourth-order valence-corrected chi connectivity index (χ4v) is 3.53. The van der Waals surface area contributed by atoms with Crippen LogP contribution in [-0.2, 0) is 14.8 Å². The van der Waals surface area contributed by atoms with Crippen LogP contribution in [0.15, 0.2) is 16.6 Å². The van der Waals surface area contributed by atoms with Gasteiger partial charge in [-0.05, 0) is 0 Å². The first kappa shape index (κ1) is 15.1. The van der Waals surface area contributed by atoms with Crippen molar-refractivity contribution in [3.8, 4) is 0 Å².